The number of carbonyl (C=O) groups is 2. The summed E-state index contributed by atoms with van der Waals surface area (Å²) in [6.45, 7) is 0. The molecule has 248 valence electrons. The molecule has 3 aromatic carbocycles. The highest BCUT2D eigenvalue weighted by atomic mass is 32.2. The molecule has 17 nitrogen and oxygen atoms in total. The maximum absolute atomic E-state index is 13.4. The molecule has 6 rings (SSSR count). The minimum Gasteiger partial charge on any atom is -0.431 e. The minimum absolute atomic E-state index is 0.0483. The fourth-order valence-corrected chi connectivity index (χ4v) is 6.85. The average Bonchev–Trinajstić information content (AvgIpc) is 3.73. The topological polar surface area (TPSA) is 215 Å². The number of non-ortho nitro benzene ring substituents is 2. The van der Waals surface area contributed by atoms with Gasteiger partial charge >= 0.3 is 12.2 Å². The molecule has 2 aliphatic rings. The molecule has 1 N–H and O–H groups in total. The van der Waals surface area contributed by atoms with E-state index in [2.05, 4.69) is 10.4 Å². The Morgan fingerprint density at radius 2 is 1.52 bits per heavy atom. The molecule has 1 saturated carbocycles. The zero-order valence-corrected chi connectivity index (χ0v) is 25.9. The van der Waals surface area contributed by atoms with Crippen molar-refractivity contribution in [1.82, 2.24) is 9.78 Å². The second-order valence-corrected chi connectivity index (χ2v) is 13.0. The Hall–Kier alpha value is -6.04. The van der Waals surface area contributed by atoms with Crippen molar-refractivity contribution < 1.29 is 42.1 Å². The summed E-state index contributed by atoms with van der Waals surface area (Å²) < 4.78 is 43.0. The Morgan fingerprint density at radius 3 is 2.15 bits per heavy atom. The number of rotatable bonds is 8. The molecule has 0 bridgehead atoms. The van der Waals surface area contributed by atoms with E-state index in [9.17, 15) is 38.2 Å². The van der Waals surface area contributed by atoms with Gasteiger partial charge < -0.3 is 19.5 Å². The number of sulfonamides is 1. The van der Waals surface area contributed by atoms with Crippen molar-refractivity contribution in [3.63, 3.8) is 0 Å². The SMILES string of the molecule is CN1c2ccc(Nc3cc([C@H]4CC[C@@H](OC(=O)Oc5ccc([N+](=O)[O-])cc5)C4)n(C(=O)Oc4ccc([N+](=O)[O-])cc4)n3)cc2CS1(=O)=O. The highest BCUT2D eigenvalue weighted by molar-refractivity contribution is 7.92. The number of carbonyl (C=O) groups excluding carboxylic acids is 2. The summed E-state index contributed by atoms with van der Waals surface area (Å²) in [6, 6.07) is 16.6. The smallest absolute Gasteiger partial charge is 0.431 e. The maximum atomic E-state index is 13.4. The average molecular weight is 679 g/mol. The molecule has 0 unspecified atom stereocenters. The van der Waals surface area contributed by atoms with Crippen LogP contribution in [0.5, 0.6) is 11.5 Å². The molecule has 18 heteroatoms. The molecule has 0 saturated heterocycles. The van der Waals surface area contributed by atoms with E-state index in [1.807, 2.05) is 0 Å². The van der Waals surface area contributed by atoms with E-state index in [1.165, 1.54) is 59.9 Å². The Morgan fingerprint density at radius 1 is 0.896 bits per heavy atom. The largest absolute Gasteiger partial charge is 0.514 e. The van der Waals surface area contributed by atoms with Gasteiger partial charge in [-0.3, -0.25) is 24.5 Å². The molecular formula is C30H26N6O11S. The van der Waals surface area contributed by atoms with Crippen molar-refractivity contribution >= 4 is 50.8 Å². The summed E-state index contributed by atoms with van der Waals surface area (Å²) in [5, 5.41) is 29.4. The van der Waals surface area contributed by atoms with Crippen LogP contribution in [0, 0.1) is 20.2 Å². The van der Waals surface area contributed by atoms with Crippen molar-refractivity contribution in [2.75, 3.05) is 16.7 Å². The summed E-state index contributed by atoms with van der Waals surface area (Å²) in [4.78, 5) is 46.5. The molecular weight excluding hydrogens is 652 g/mol. The quantitative estimate of drug-likeness (QED) is 0.104. The van der Waals surface area contributed by atoms with E-state index >= 15 is 0 Å². The highest BCUT2D eigenvalue weighted by Crippen LogP contribution is 2.39. The van der Waals surface area contributed by atoms with Crippen LogP contribution < -0.4 is 19.1 Å². The van der Waals surface area contributed by atoms with Gasteiger partial charge in [-0.2, -0.15) is 4.68 Å². The molecule has 0 spiro atoms. The van der Waals surface area contributed by atoms with Crippen LogP contribution in [0.15, 0.2) is 72.8 Å². The van der Waals surface area contributed by atoms with Crippen molar-refractivity contribution in [3.8, 4) is 11.5 Å². The molecule has 2 atom stereocenters. The van der Waals surface area contributed by atoms with Gasteiger partial charge in [0.1, 0.15) is 17.6 Å². The van der Waals surface area contributed by atoms with Gasteiger partial charge in [-0.05, 0) is 67.3 Å². The first kappa shape index (κ1) is 31.9. The summed E-state index contributed by atoms with van der Waals surface area (Å²) in [7, 11) is -1.98. The molecule has 0 amide bonds. The Kier molecular flexibility index (Phi) is 8.40. The number of benzene rings is 3. The number of nitro benzene ring substituents is 2. The van der Waals surface area contributed by atoms with Gasteiger partial charge in [0, 0.05) is 49.0 Å². The van der Waals surface area contributed by atoms with Gasteiger partial charge in [-0.15, -0.1) is 5.10 Å². The first-order chi connectivity index (χ1) is 22.9. The molecule has 1 aromatic heterocycles. The third-order valence-corrected chi connectivity index (χ3v) is 9.63. The molecule has 4 aromatic rings. The number of ether oxygens (including phenoxy) is 3. The van der Waals surface area contributed by atoms with Gasteiger partial charge in [0.2, 0.25) is 10.0 Å². The van der Waals surface area contributed by atoms with Gasteiger partial charge in [-0.25, -0.2) is 18.0 Å². The van der Waals surface area contributed by atoms with E-state index in [1.54, 1.807) is 24.3 Å². The Bertz CT molecular complexity index is 2030. The normalized spacial score (nSPS) is 17.7. The predicted molar refractivity (Wildman–Crippen MR) is 168 cm³/mol. The molecule has 1 aliphatic carbocycles. The monoisotopic (exact) mass is 678 g/mol. The summed E-state index contributed by atoms with van der Waals surface area (Å²) >= 11 is 0. The van der Waals surface area contributed by atoms with Crippen LogP contribution in [0.3, 0.4) is 0 Å². The maximum Gasteiger partial charge on any atom is 0.514 e. The summed E-state index contributed by atoms with van der Waals surface area (Å²) in [5.41, 5.74) is 1.77. The standard InChI is InChI=1S/C30H26N6O11S/c1-33-26-13-3-20(14-19(26)17-48(33,43)44)31-28-16-27(34(32-28)29(37)45-23-9-4-21(5-10-23)35(39)40)18-2-8-25(15-18)47-30(38)46-24-11-6-22(7-12-24)36(41)42/h3-7,9-14,16,18,25H,2,8,15,17H2,1H3,(H,31,32)/t18-,25+/m0/s1. The third-order valence-electron chi connectivity index (χ3n) is 7.92. The van der Waals surface area contributed by atoms with E-state index in [-0.39, 0.29) is 40.4 Å². The number of nitrogens with zero attached hydrogens (tertiary/aromatic N) is 5. The Balaban J connectivity index is 1.19. The van der Waals surface area contributed by atoms with E-state index < -0.39 is 38.2 Å². The van der Waals surface area contributed by atoms with Gasteiger partial charge in [-0.1, -0.05) is 0 Å². The van der Waals surface area contributed by atoms with Crippen LogP contribution in [0.1, 0.15) is 36.4 Å². The molecule has 1 aliphatic heterocycles. The second kappa shape index (κ2) is 12.6. The highest BCUT2D eigenvalue weighted by Gasteiger charge is 2.34. The zero-order chi connectivity index (χ0) is 34.2. The van der Waals surface area contributed by atoms with E-state index in [0.29, 0.717) is 41.9 Å². The van der Waals surface area contributed by atoms with Crippen molar-refractivity contribution in [2.24, 2.45) is 0 Å². The molecule has 48 heavy (non-hydrogen) atoms. The van der Waals surface area contributed by atoms with Crippen LogP contribution in [0.4, 0.5) is 38.2 Å². The number of fused-ring (bicyclic) bond motifs is 1. The lowest BCUT2D eigenvalue weighted by Crippen LogP contribution is -2.22. The zero-order valence-electron chi connectivity index (χ0n) is 25.0. The number of anilines is 3. The van der Waals surface area contributed by atoms with Crippen molar-refractivity contribution in [1.29, 1.82) is 0 Å². The second-order valence-electron chi connectivity index (χ2n) is 11.0. The van der Waals surface area contributed by atoms with E-state index in [0.717, 1.165) is 4.68 Å². The number of hydrogen-bond donors (Lipinski definition) is 1. The Labute approximate surface area is 272 Å². The molecule has 1 fully saturated rings. The van der Waals surface area contributed by atoms with Gasteiger partial charge in [0.05, 0.1) is 27.0 Å². The number of nitro groups is 2. The minimum atomic E-state index is -3.45. The predicted octanol–water partition coefficient (Wildman–Crippen LogP) is 5.62. The fourth-order valence-electron chi connectivity index (χ4n) is 5.56. The van der Waals surface area contributed by atoms with E-state index in [4.69, 9.17) is 14.2 Å². The number of hydrogen-bond acceptors (Lipinski definition) is 13. The van der Waals surface area contributed by atoms with Crippen LogP contribution in [-0.2, 0) is 20.5 Å². The summed E-state index contributed by atoms with van der Waals surface area (Å²) in [6.07, 6.45) is -1.24. The summed E-state index contributed by atoms with van der Waals surface area (Å²) in [5.74, 6) is -0.118. The van der Waals surface area contributed by atoms with Gasteiger partial charge in [0.15, 0.2) is 5.82 Å². The van der Waals surface area contributed by atoms with Crippen LogP contribution >= 0.6 is 0 Å². The van der Waals surface area contributed by atoms with Crippen molar-refractivity contribution in [2.45, 2.75) is 37.0 Å². The third kappa shape index (κ3) is 6.73. The number of aromatic nitrogens is 2. The molecule has 2 heterocycles. The lowest BCUT2D eigenvalue weighted by molar-refractivity contribution is -0.385. The first-order valence-electron chi connectivity index (χ1n) is 14.4. The van der Waals surface area contributed by atoms with Crippen LogP contribution in [0.25, 0.3) is 0 Å². The fraction of sp³-hybridized carbons (Fsp3) is 0.233. The number of nitrogens with one attached hydrogen (secondary N) is 1. The van der Waals surface area contributed by atoms with Crippen LogP contribution in [0.2, 0.25) is 0 Å². The lowest BCUT2D eigenvalue weighted by atomic mass is 10.0. The lowest BCUT2D eigenvalue weighted by Gasteiger charge is -2.14. The van der Waals surface area contributed by atoms with Gasteiger partial charge in [0.25, 0.3) is 11.4 Å². The van der Waals surface area contributed by atoms with Crippen molar-refractivity contribution in [3.05, 3.63) is 104 Å². The first-order valence-corrected chi connectivity index (χ1v) is 16.0. The molecule has 0 radical (unpaired) electrons. The van der Waals surface area contributed by atoms with Crippen LogP contribution in [-0.4, -0.2) is 53.4 Å².